The van der Waals surface area contributed by atoms with Gasteiger partial charge in [-0.15, -0.1) is 0 Å². The number of aromatic nitrogens is 1. The molecule has 0 fully saturated rings. The molecule has 0 aliphatic heterocycles. The maximum absolute atomic E-state index is 12.4. The summed E-state index contributed by atoms with van der Waals surface area (Å²) >= 11 is 1.24. The van der Waals surface area contributed by atoms with Gasteiger partial charge in [-0.05, 0) is 36.4 Å². The fourth-order valence-electron chi connectivity index (χ4n) is 2.59. The van der Waals surface area contributed by atoms with Gasteiger partial charge >= 0.3 is 0 Å². The van der Waals surface area contributed by atoms with Gasteiger partial charge in [0.2, 0.25) is 0 Å². The van der Waals surface area contributed by atoms with Gasteiger partial charge in [-0.25, -0.2) is 4.98 Å². The molecule has 2 heterocycles. The lowest BCUT2D eigenvalue weighted by molar-refractivity contribution is -0.384. The third kappa shape index (κ3) is 3.96. The minimum absolute atomic E-state index is 0.160. The molecule has 0 radical (unpaired) electrons. The van der Waals surface area contributed by atoms with Crippen molar-refractivity contribution in [1.82, 2.24) is 4.98 Å². The summed E-state index contributed by atoms with van der Waals surface area (Å²) in [5.74, 6) is -0.702. The minimum Gasteiger partial charge on any atom is -0.459 e. The maximum Gasteiger partial charge on any atom is 0.293 e. The van der Waals surface area contributed by atoms with Crippen molar-refractivity contribution in [3.05, 3.63) is 82.3 Å². The summed E-state index contributed by atoms with van der Waals surface area (Å²) in [6.07, 6.45) is 1.41. The number of thiazole rings is 1. The number of hydrogen-bond acceptors (Lipinski definition) is 7. The number of benzene rings is 2. The Bertz CT molecular complexity index is 1230. The van der Waals surface area contributed by atoms with Crippen LogP contribution in [0.2, 0.25) is 0 Å². The van der Waals surface area contributed by atoms with Crippen LogP contribution in [0.25, 0.3) is 10.2 Å². The quantitative estimate of drug-likeness (QED) is 0.374. The Balaban J connectivity index is 1.51. The first-order valence-electron chi connectivity index (χ1n) is 8.31. The zero-order chi connectivity index (χ0) is 20.4. The second kappa shape index (κ2) is 7.52. The molecule has 0 aliphatic carbocycles. The summed E-state index contributed by atoms with van der Waals surface area (Å²) in [5.41, 5.74) is 1.17. The van der Waals surface area contributed by atoms with Crippen molar-refractivity contribution in [1.29, 1.82) is 0 Å². The molecule has 2 aromatic heterocycles. The summed E-state index contributed by atoms with van der Waals surface area (Å²) in [6, 6.07) is 13.7. The van der Waals surface area contributed by atoms with Gasteiger partial charge in [0.15, 0.2) is 10.9 Å². The van der Waals surface area contributed by atoms with Crippen LogP contribution >= 0.6 is 11.3 Å². The summed E-state index contributed by atoms with van der Waals surface area (Å²) in [7, 11) is 0. The smallest absolute Gasteiger partial charge is 0.293 e. The number of nitro groups is 1. The second-order valence-corrected chi connectivity index (χ2v) is 6.93. The van der Waals surface area contributed by atoms with Crippen LogP contribution < -0.4 is 10.6 Å². The van der Waals surface area contributed by atoms with Crippen LogP contribution in [0.15, 0.2) is 65.3 Å². The van der Waals surface area contributed by atoms with E-state index < -0.39 is 16.7 Å². The van der Waals surface area contributed by atoms with E-state index in [9.17, 15) is 19.7 Å². The molecule has 2 amide bonds. The van der Waals surface area contributed by atoms with Gasteiger partial charge in [0, 0.05) is 23.4 Å². The highest BCUT2D eigenvalue weighted by atomic mass is 32.1. The van der Waals surface area contributed by atoms with Crippen LogP contribution in [0.4, 0.5) is 16.5 Å². The zero-order valence-electron chi connectivity index (χ0n) is 14.6. The first kappa shape index (κ1) is 18.3. The van der Waals surface area contributed by atoms with E-state index in [-0.39, 0.29) is 17.0 Å². The van der Waals surface area contributed by atoms with Gasteiger partial charge in [0.1, 0.15) is 0 Å². The number of carbonyl (C=O) groups excluding carboxylic acids is 2. The number of carbonyl (C=O) groups is 2. The molecule has 0 saturated carbocycles. The van der Waals surface area contributed by atoms with Crippen LogP contribution in [-0.4, -0.2) is 21.7 Å². The van der Waals surface area contributed by atoms with Crippen LogP contribution in [0.3, 0.4) is 0 Å². The summed E-state index contributed by atoms with van der Waals surface area (Å²) in [5, 5.41) is 16.6. The SMILES string of the molecule is O=C(Nc1ccc2nc(NC(=O)c3ccco3)sc2c1)c1cccc([N+](=O)[O-])c1. The second-order valence-electron chi connectivity index (χ2n) is 5.89. The number of furan rings is 1. The van der Waals surface area contributed by atoms with E-state index in [0.717, 1.165) is 4.70 Å². The van der Waals surface area contributed by atoms with E-state index in [1.807, 2.05) is 0 Å². The lowest BCUT2D eigenvalue weighted by atomic mass is 10.2. The highest BCUT2D eigenvalue weighted by Gasteiger charge is 2.14. The van der Waals surface area contributed by atoms with Crippen molar-refractivity contribution in [2.75, 3.05) is 10.6 Å². The van der Waals surface area contributed by atoms with Gasteiger partial charge in [0.25, 0.3) is 17.5 Å². The molecule has 2 aromatic carbocycles. The molecule has 9 nitrogen and oxygen atoms in total. The molecule has 0 aliphatic rings. The number of amides is 2. The van der Waals surface area contributed by atoms with Gasteiger partial charge in [-0.1, -0.05) is 17.4 Å². The lowest BCUT2D eigenvalue weighted by Gasteiger charge is -2.05. The molecule has 0 bridgehead atoms. The number of rotatable bonds is 5. The van der Waals surface area contributed by atoms with E-state index in [4.69, 9.17) is 4.42 Å². The number of anilines is 2. The van der Waals surface area contributed by atoms with Gasteiger partial charge in [0.05, 0.1) is 21.4 Å². The Labute approximate surface area is 167 Å². The number of non-ortho nitro benzene ring substituents is 1. The standard InChI is InChI=1S/C19H12N4O5S/c24-17(11-3-1-4-13(9-11)23(26)27)20-12-6-7-14-16(10-12)29-19(21-14)22-18(25)15-5-2-8-28-15/h1-10H,(H,20,24)(H,21,22,25). The van der Waals surface area contributed by atoms with Crippen molar-refractivity contribution >= 4 is 49.9 Å². The average Bonchev–Trinajstić information content (AvgIpc) is 3.37. The maximum atomic E-state index is 12.4. The third-order valence-corrected chi connectivity index (χ3v) is 4.86. The molecule has 4 aromatic rings. The number of hydrogen-bond donors (Lipinski definition) is 2. The van der Waals surface area contributed by atoms with E-state index in [1.165, 1.54) is 41.9 Å². The normalized spacial score (nSPS) is 10.6. The Morgan fingerprint density at radius 3 is 2.66 bits per heavy atom. The van der Waals surface area contributed by atoms with E-state index >= 15 is 0 Å². The van der Waals surface area contributed by atoms with Crippen LogP contribution in [0.5, 0.6) is 0 Å². The molecule has 10 heteroatoms. The average molecular weight is 408 g/mol. The third-order valence-electron chi connectivity index (χ3n) is 3.93. The molecule has 0 atom stereocenters. The molecule has 144 valence electrons. The number of fused-ring (bicyclic) bond motifs is 1. The molecular formula is C19H12N4O5S. The van der Waals surface area contributed by atoms with Crippen molar-refractivity contribution in [3.63, 3.8) is 0 Å². The molecule has 29 heavy (non-hydrogen) atoms. The molecular weight excluding hydrogens is 396 g/mol. The van der Waals surface area contributed by atoms with Crippen molar-refractivity contribution in [3.8, 4) is 0 Å². The molecule has 0 unspecified atom stereocenters. The van der Waals surface area contributed by atoms with E-state index in [2.05, 4.69) is 15.6 Å². The number of nitrogens with zero attached hydrogens (tertiary/aromatic N) is 2. The zero-order valence-corrected chi connectivity index (χ0v) is 15.4. The highest BCUT2D eigenvalue weighted by Crippen LogP contribution is 2.29. The number of nitrogens with one attached hydrogen (secondary N) is 2. The van der Waals surface area contributed by atoms with Crippen molar-refractivity contribution in [2.45, 2.75) is 0 Å². The molecule has 0 spiro atoms. The van der Waals surface area contributed by atoms with Gasteiger partial charge in [-0.3, -0.25) is 25.0 Å². The van der Waals surface area contributed by atoms with Crippen molar-refractivity contribution < 1.29 is 18.9 Å². The van der Waals surface area contributed by atoms with E-state index in [1.54, 1.807) is 30.3 Å². The molecule has 4 rings (SSSR count). The fraction of sp³-hybridized carbons (Fsp3) is 0. The van der Waals surface area contributed by atoms with Crippen LogP contribution in [0.1, 0.15) is 20.9 Å². The first-order valence-corrected chi connectivity index (χ1v) is 9.12. The monoisotopic (exact) mass is 408 g/mol. The Kier molecular flexibility index (Phi) is 4.75. The minimum atomic E-state index is -0.557. The van der Waals surface area contributed by atoms with Crippen molar-refractivity contribution in [2.24, 2.45) is 0 Å². The predicted molar refractivity (Wildman–Crippen MR) is 107 cm³/mol. The molecule has 2 N–H and O–H groups in total. The fourth-order valence-corrected chi connectivity index (χ4v) is 3.49. The topological polar surface area (TPSA) is 127 Å². The largest absolute Gasteiger partial charge is 0.459 e. The summed E-state index contributed by atoms with van der Waals surface area (Å²) in [6.45, 7) is 0. The summed E-state index contributed by atoms with van der Waals surface area (Å²) in [4.78, 5) is 39.1. The van der Waals surface area contributed by atoms with Gasteiger partial charge < -0.3 is 9.73 Å². The van der Waals surface area contributed by atoms with Crippen LogP contribution in [0, 0.1) is 10.1 Å². The molecule has 0 saturated heterocycles. The van der Waals surface area contributed by atoms with Gasteiger partial charge in [-0.2, -0.15) is 0 Å². The predicted octanol–water partition coefficient (Wildman–Crippen LogP) is 4.30. The van der Waals surface area contributed by atoms with E-state index in [0.29, 0.717) is 16.3 Å². The Morgan fingerprint density at radius 1 is 1.03 bits per heavy atom. The Morgan fingerprint density at radius 2 is 1.90 bits per heavy atom. The highest BCUT2D eigenvalue weighted by molar-refractivity contribution is 7.22. The van der Waals surface area contributed by atoms with Crippen LogP contribution in [-0.2, 0) is 0 Å². The number of nitro benzene ring substituents is 1. The Hall–Kier alpha value is -4.05. The summed E-state index contributed by atoms with van der Waals surface area (Å²) < 4.78 is 5.79. The lowest BCUT2D eigenvalue weighted by Crippen LogP contribution is -2.11. The first-order chi connectivity index (χ1) is 14.0.